The maximum atomic E-state index is 12.5. The molecule has 0 spiro atoms. The number of alkyl halides is 3. The summed E-state index contributed by atoms with van der Waals surface area (Å²) in [6.45, 7) is 0.365. The SMILES string of the molecule is CN1CC(=O)Nc2sc3c(c2C1=O)CCN(C(=O)CSC(F)(F)F)C3. The molecule has 0 fully saturated rings. The molecule has 0 aromatic carbocycles. The first-order valence-corrected chi connectivity index (χ1v) is 9.14. The van der Waals surface area contributed by atoms with Crippen LogP contribution in [0.4, 0.5) is 18.2 Å². The van der Waals surface area contributed by atoms with E-state index in [0.717, 1.165) is 10.4 Å². The Hall–Kier alpha value is -1.75. The lowest BCUT2D eigenvalue weighted by Gasteiger charge is -2.27. The Kier molecular flexibility index (Phi) is 4.71. The Morgan fingerprint density at radius 3 is 2.72 bits per heavy atom. The number of anilines is 1. The number of hydrogen-bond acceptors (Lipinski definition) is 5. The molecular formula is C14H14F3N3O3S2. The number of nitrogens with one attached hydrogen (secondary N) is 1. The normalized spacial score (nSPS) is 17.8. The van der Waals surface area contributed by atoms with Crippen molar-refractivity contribution in [2.75, 3.05) is 31.2 Å². The van der Waals surface area contributed by atoms with Crippen LogP contribution in [-0.2, 0) is 22.6 Å². The van der Waals surface area contributed by atoms with Gasteiger partial charge >= 0.3 is 5.51 Å². The van der Waals surface area contributed by atoms with E-state index in [1.54, 1.807) is 0 Å². The number of halogens is 3. The van der Waals surface area contributed by atoms with Crippen LogP contribution in [0, 0.1) is 0 Å². The zero-order chi connectivity index (χ0) is 18.4. The van der Waals surface area contributed by atoms with Crippen molar-refractivity contribution in [3.05, 3.63) is 16.0 Å². The molecule has 136 valence electrons. The monoisotopic (exact) mass is 393 g/mol. The van der Waals surface area contributed by atoms with Gasteiger partial charge in [-0.15, -0.1) is 11.3 Å². The van der Waals surface area contributed by atoms with Crippen LogP contribution in [0.1, 0.15) is 20.8 Å². The molecule has 2 aliphatic heterocycles. The second kappa shape index (κ2) is 6.52. The molecule has 25 heavy (non-hydrogen) atoms. The smallest absolute Gasteiger partial charge is 0.336 e. The number of nitrogens with zero attached hydrogens (tertiary/aromatic N) is 2. The van der Waals surface area contributed by atoms with E-state index < -0.39 is 17.2 Å². The lowest BCUT2D eigenvalue weighted by Crippen LogP contribution is -2.38. The number of likely N-dealkylation sites (N-methyl/N-ethyl adjacent to an activating group) is 1. The lowest BCUT2D eigenvalue weighted by molar-refractivity contribution is -0.129. The molecule has 0 saturated heterocycles. The third kappa shape index (κ3) is 3.76. The molecule has 1 N–H and O–H groups in total. The van der Waals surface area contributed by atoms with Crippen LogP contribution in [0.5, 0.6) is 0 Å². The largest absolute Gasteiger partial charge is 0.442 e. The second-order valence-electron chi connectivity index (χ2n) is 5.72. The van der Waals surface area contributed by atoms with E-state index in [2.05, 4.69) is 5.32 Å². The maximum Gasteiger partial charge on any atom is 0.442 e. The molecule has 1 aromatic heterocycles. The first kappa shape index (κ1) is 18.1. The minimum absolute atomic E-state index is 0.0334. The van der Waals surface area contributed by atoms with Gasteiger partial charge in [0.25, 0.3) is 5.91 Å². The van der Waals surface area contributed by atoms with Crippen LogP contribution in [0.15, 0.2) is 0 Å². The Morgan fingerprint density at radius 2 is 2.04 bits per heavy atom. The van der Waals surface area contributed by atoms with Gasteiger partial charge in [-0.05, 0) is 23.7 Å². The molecule has 1 aromatic rings. The Balaban J connectivity index is 1.79. The first-order valence-electron chi connectivity index (χ1n) is 7.34. The number of thiophene rings is 1. The van der Waals surface area contributed by atoms with E-state index in [1.807, 2.05) is 0 Å². The fourth-order valence-electron chi connectivity index (χ4n) is 2.81. The molecule has 0 bridgehead atoms. The van der Waals surface area contributed by atoms with Crippen molar-refractivity contribution in [2.24, 2.45) is 0 Å². The second-order valence-corrected chi connectivity index (χ2v) is 7.86. The maximum absolute atomic E-state index is 12.5. The highest BCUT2D eigenvalue weighted by molar-refractivity contribution is 8.00. The summed E-state index contributed by atoms with van der Waals surface area (Å²) in [5.74, 6) is -1.83. The third-order valence-corrected chi connectivity index (χ3v) is 5.81. The van der Waals surface area contributed by atoms with E-state index in [9.17, 15) is 27.6 Å². The Morgan fingerprint density at radius 1 is 1.32 bits per heavy atom. The number of thioether (sulfide) groups is 1. The van der Waals surface area contributed by atoms with Gasteiger partial charge in [-0.1, -0.05) is 0 Å². The molecule has 0 unspecified atom stereocenters. The Bertz CT molecular complexity index is 748. The van der Waals surface area contributed by atoms with Gasteiger partial charge in [0.05, 0.1) is 24.4 Å². The summed E-state index contributed by atoms with van der Waals surface area (Å²) >= 11 is 0.845. The van der Waals surface area contributed by atoms with Crippen LogP contribution in [0.25, 0.3) is 0 Å². The van der Waals surface area contributed by atoms with E-state index in [4.69, 9.17) is 0 Å². The minimum atomic E-state index is -4.45. The van der Waals surface area contributed by atoms with Crippen molar-refractivity contribution < 1.29 is 27.6 Å². The molecule has 2 aliphatic rings. The van der Waals surface area contributed by atoms with Gasteiger partial charge in [-0.25, -0.2) is 0 Å². The molecular weight excluding hydrogens is 379 g/mol. The van der Waals surface area contributed by atoms with Crippen molar-refractivity contribution in [1.29, 1.82) is 0 Å². The number of carbonyl (C=O) groups is 3. The van der Waals surface area contributed by atoms with Crippen molar-refractivity contribution in [2.45, 2.75) is 18.5 Å². The van der Waals surface area contributed by atoms with E-state index >= 15 is 0 Å². The zero-order valence-corrected chi connectivity index (χ0v) is 14.7. The zero-order valence-electron chi connectivity index (χ0n) is 13.1. The highest BCUT2D eigenvalue weighted by Crippen LogP contribution is 2.39. The average molecular weight is 393 g/mol. The number of amides is 3. The summed E-state index contributed by atoms with van der Waals surface area (Å²) in [7, 11) is 1.54. The highest BCUT2D eigenvalue weighted by atomic mass is 32.2. The van der Waals surface area contributed by atoms with Crippen LogP contribution in [0.2, 0.25) is 0 Å². The van der Waals surface area contributed by atoms with Gasteiger partial charge in [0.15, 0.2) is 0 Å². The quantitative estimate of drug-likeness (QED) is 0.834. The molecule has 6 nitrogen and oxygen atoms in total. The van der Waals surface area contributed by atoms with E-state index in [0.29, 0.717) is 17.0 Å². The summed E-state index contributed by atoms with van der Waals surface area (Å²) in [4.78, 5) is 39.7. The van der Waals surface area contributed by atoms with Gasteiger partial charge in [-0.3, -0.25) is 14.4 Å². The van der Waals surface area contributed by atoms with Crippen LogP contribution >= 0.6 is 23.1 Å². The molecule has 11 heteroatoms. The van der Waals surface area contributed by atoms with E-state index in [-0.39, 0.29) is 43.2 Å². The third-order valence-electron chi connectivity index (χ3n) is 3.96. The van der Waals surface area contributed by atoms with Crippen LogP contribution < -0.4 is 5.32 Å². The topological polar surface area (TPSA) is 69.7 Å². The number of hydrogen-bond donors (Lipinski definition) is 1. The number of rotatable bonds is 2. The van der Waals surface area contributed by atoms with Gasteiger partial charge in [0.2, 0.25) is 11.8 Å². The molecule has 3 heterocycles. The van der Waals surface area contributed by atoms with Crippen LogP contribution in [-0.4, -0.2) is 58.9 Å². The van der Waals surface area contributed by atoms with Gasteiger partial charge in [-0.2, -0.15) is 13.2 Å². The minimum Gasteiger partial charge on any atom is -0.336 e. The number of carbonyl (C=O) groups excluding carboxylic acids is 3. The van der Waals surface area contributed by atoms with Gasteiger partial charge < -0.3 is 15.1 Å². The van der Waals surface area contributed by atoms with Crippen molar-refractivity contribution in [1.82, 2.24) is 9.80 Å². The predicted octanol–water partition coefficient (Wildman–Crippen LogP) is 1.91. The van der Waals surface area contributed by atoms with Gasteiger partial charge in [0, 0.05) is 18.5 Å². The lowest BCUT2D eigenvalue weighted by atomic mass is 10.0. The van der Waals surface area contributed by atoms with Gasteiger partial charge in [0.1, 0.15) is 5.00 Å². The van der Waals surface area contributed by atoms with Crippen molar-refractivity contribution in [3.63, 3.8) is 0 Å². The molecule has 3 rings (SSSR count). The summed E-state index contributed by atoms with van der Waals surface area (Å²) in [6.07, 6.45) is 0.374. The fourth-order valence-corrected chi connectivity index (χ4v) is 4.55. The van der Waals surface area contributed by atoms with E-state index in [1.165, 1.54) is 28.2 Å². The summed E-state index contributed by atoms with van der Waals surface area (Å²) < 4.78 is 36.7. The molecule has 0 atom stereocenters. The summed E-state index contributed by atoms with van der Waals surface area (Å²) in [5.41, 5.74) is -3.24. The molecule has 0 radical (unpaired) electrons. The first-order chi connectivity index (χ1) is 11.7. The van der Waals surface area contributed by atoms with Crippen molar-refractivity contribution >= 4 is 45.8 Å². The molecule has 3 amide bonds. The summed E-state index contributed by atoms with van der Waals surface area (Å²) in [5, 5.41) is 3.14. The molecule has 0 aliphatic carbocycles. The van der Waals surface area contributed by atoms with Crippen LogP contribution in [0.3, 0.4) is 0 Å². The standard InChI is InChI=1S/C14H14F3N3O3S2/c1-19-5-9(21)18-12-11(13(19)23)7-2-3-20(4-8(7)25-12)10(22)6-24-14(15,16)17/h2-6H2,1H3,(H,18,21). The fraction of sp³-hybridized carbons (Fsp3) is 0.500. The summed E-state index contributed by atoms with van der Waals surface area (Å²) in [6, 6.07) is 0. The predicted molar refractivity (Wildman–Crippen MR) is 87.5 cm³/mol. The van der Waals surface area contributed by atoms with Crippen molar-refractivity contribution in [3.8, 4) is 0 Å². The molecule has 0 saturated carbocycles. The highest BCUT2D eigenvalue weighted by Gasteiger charge is 2.35. The number of fused-ring (bicyclic) bond motifs is 3. The average Bonchev–Trinajstić information content (AvgIpc) is 2.82. The Labute approximate surface area is 149 Å².